The number of amides is 2. The zero-order chi connectivity index (χ0) is 19.0. The minimum atomic E-state index is -0.650. The quantitative estimate of drug-likeness (QED) is 0.614. The summed E-state index contributed by atoms with van der Waals surface area (Å²) in [5.74, 6) is -2.06. The number of hydrogen-bond donors (Lipinski definition) is 2. The van der Waals surface area contributed by atoms with Crippen molar-refractivity contribution in [3.8, 4) is 0 Å². The number of rotatable bonds is 4. The molecule has 0 spiro atoms. The SMILES string of the molecule is C=C1[C@@H](C(=O)Nc2cc(Cl)ccc2Cl)[C@@H]1C(=O)Nc1cc(Cl)ccc1Cl. The van der Waals surface area contributed by atoms with Crippen LogP contribution in [0.25, 0.3) is 0 Å². The molecule has 0 heterocycles. The van der Waals surface area contributed by atoms with Gasteiger partial charge in [-0.1, -0.05) is 58.6 Å². The van der Waals surface area contributed by atoms with Crippen LogP contribution in [-0.4, -0.2) is 11.8 Å². The Bertz CT molecular complexity index is 856. The van der Waals surface area contributed by atoms with E-state index in [0.29, 0.717) is 37.0 Å². The Morgan fingerprint density at radius 1 is 0.769 bits per heavy atom. The standard InChI is InChI=1S/C18H12Cl4N2O2/c1-8-15(17(25)23-13-6-9(19)2-4-11(13)21)16(8)18(26)24-14-7-10(20)3-5-12(14)22/h2-7,15-16H,1H2,(H,23,25)(H,24,26)/t15-,16-/m1/s1. The van der Waals surface area contributed by atoms with Crippen LogP contribution in [0.15, 0.2) is 48.6 Å². The third kappa shape index (κ3) is 3.99. The molecule has 0 aromatic heterocycles. The molecule has 26 heavy (non-hydrogen) atoms. The fourth-order valence-electron chi connectivity index (χ4n) is 2.56. The van der Waals surface area contributed by atoms with Crippen molar-refractivity contribution in [1.82, 2.24) is 0 Å². The van der Waals surface area contributed by atoms with E-state index in [9.17, 15) is 9.59 Å². The molecule has 2 N–H and O–H groups in total. The first kappa shape index (κ1) is 19.1. The average molecular weight is 430 g/mol. The lowest BCUT2D eigenvalue weighted by Crippen LogP contribution is -2.20. The highest BCUT2D eigenvalue weighted by Crippen LogP contribution is 2.46. The van der Waals surface area contributed by atoms with Gasteiger partial charge in [0.1, 0.15) is 0 Å². The van der Waals surface area contributed by atoms with Crippen LogP contribution < -0.4 is 10.6 Å². The van der Waals surface area contributed by atoms with Crippen molar-refractivity contribution in [3.05, 3.63) is 68.6 Å². The fraction of sp³-hybridized carbons (Fsp3) is 0.111. The van der Waals surface area contributed by atoms with E-state index < -0.39 is 11.8 Å². The van der Waals surface area contributed by atoms with Crippen LogP contribution in [0.3, 0.4) is 0 Å². The highest BCUT2D eigenvalue weighted by Gasteiger charge is 2.52. The molecule has 1 fully saturated rings. The van der Waals surface area contributed by atoms with Gasteiger partial charge in [0.2, 0.25) is 11.8 Å². The molecule has 1 aliphatic rings. The Morgan fingerprint density at radius 2 is 1.15 bits per heavy atom. The van der Waals surface area contributed by atoms with Crippen LogP contribution in [-0.2, 0) is 9.59 Å². The molecule has 3 rings (SSSR count). The molecule has 134 valence electrons. The summed E-state index contributed by atoms with van der Waals surface area (Å²) in [6, 6.07) is 9.45. The lowest BCUT2D eigenvalue weighted by Gasteiger charge is -2.08. The Kier molecular flexibility index (Phi) is 5.49. The molecular formula is C18H12Cl4N2O2. The number of halogens is 4. The fourth-order valence-corrected chi connectivity index (χ4v) is 3.24. The largest absolute Gasteiger partial charge is 0.324 e. The van der Waals surface area contributed by atoms with E-state index in [1.54, 1.807) is 24.3 Å². The van der Waals surface area contributed by atoms with Crippen LogP contribution in [0.1, 0.15) is 0 Å². The van der Waals surface area contributed by atoms with Crippen LogP contribution in [0.4, 0.5) is 11.4 Å². The third-order valence-electron chi connectivity index (χ3n) is 3.96. The minimum absolute atomic E-state index is 0.348. The van der Waals surface area contributed by atoms with E-state index in [2.05, 4.69) is 17.2 Å². The van der Waals surface area contributed by atoms with Crippen molar-refractivity contribution < 1.29 is 9.59 Å². The molecule has 2 aromatic rings. The van der Waals surface area contributed by atoms with Crippen molar-refractivity contribution in [3.63, 3.8) is 0 Å². The van der Waals surface area contributed by atoms with E-state index in [-0.39, 0.29) is 11.8 Å². The van der Waals surface area contributed by atoms with Crippen LogP contribution >= 0.6 is 46.4 Å². The summed E-state index contributed by atoms with van der Waals surface area (Å²) in [6.07, 6.45) is 0. The second-order valence-electron chi connectivity index (χ2n) is 5.76. The van der Waals surface area contributed by atoms with Gasteiger partial charge in [0.15, 0.2) is 0 Å². The first-order valence-corrected chi connectivity index (χ1v) is 8.99. The maximum absolute atomic E-state index is 12.4. The molecule has 0 saturated heterocycles. The number of nitrogens with one attached hydrogen (secondary N) is 2. The zero-order valence-corrected chi connectivity index (χ0v) is 16.2. The minimum Gasteiger partial charge on any atom is -0.324 e. The number of hydrogen-bond acceptors (Lipinski definition) is 2. The molecule has 0 aliphatic heterocycles. The molecule has 4 nitrogen and oxygen atoms in total. The van der Waals surface area contributed by atoms with E-state index in [4.69, 9.17) is 46.4 Å². The van der Waals surface area contributed by atoms with Gasteiger partial charge in [-0.3, -0.25) is 9.59 Å². The monoisotopic (exact) mass is 428 g/mol. The molecule has 2 amide bonds. The maximum atomic E-state index is 12.4. The van der Waals surface area contributed by atoms with Crippen LogP contribution in [0.2, 0.25) is 20.1 Å². The number of benzene rings is 2. The van der Waals surface area contributed by atoms with Gasteiger partial charge in [-0.25, -0.2) is 0 Å². The van der Waals surface area contributed by atoms with Gasteiger partial charge in [0, 0.05) is 10.0 Å². The number of carbonyl (C=O) groups excluding carboxylic acids is 2. The van der Waals surface area contributed by atoms with Gasteiger partial charge in [-0.05, 0) is 36.4 Å². The number of anilines is 2. The average Bonchev–Trinajstić information content (AvgIpc) is 3.26. The Hall–Kier alpha value is -1.72. The molecule has 0 unspecified atom stereocenters. The van der Waals surface area contributed by atoms with Crippen molar-refractivity contribution >= 4 is 69.6 Å². The smallest absolute Gasteiger partial charge is 0.232 e. The van der Waals surface area contributed by atoms with Crippen molar-refractivity contribution in [1.29, 1.82) is 0 Å². The third-order valence-corrected chi connectivity index (χ3v) is 5.09. The predicted octanol–water partition coefficient (Wildman–Crippen LogP) is 5.68. The molecule has 0 bridgehead atoms. The molecule has 0 radical (unpaired) electrons. The predicted molar refractivity (Wildman–Crippen MR) is 106 cm³/mol. The highest BCUT2D eigenvalue weighted by atomic mass is 35.5. The lowest BCUT2D eigenvalue weighted by molar-refractivity contribution is -0.122. The van der Waals surface area contributed by atoms with E-state index in [1.807, 2.05) is 0 Å². The van der Waals surface area contributed by atoms with E-state index in [1.165, 1.54) is 12.1 Å². The summed E-state index contributed by atoms with van der Waals surface area (Å²) in [7, 11) is 0. The van der Waals surface area contributed by atoms with Gasteiger partial charge in [-0.2, -0.15) is 0 Å². The summed E-state index contributed by atoms with van der Waals surface area (Å²) in [4.78, 5) is 24.9. The molecule has 2 aromatic carbocycles. The first-order chi connectivity index (χ1) is 12.3. The molecule has 8 heteroatoms. The van der Waals surface area contributed by atoms with E-state index >= 15 is 0 Å². The second-order valence-corrected chi connectivity index (χ2v) is 7.44. The second kappa shape index (κ2) is 7.49. The Labute approximate surface area is 170 Å². The zero-order valence-electron chi connectivity index (χ0n) is 13.2. The Balaban J connectivity index is 1.68. The molecule has 1 aliphatic carbocycles. The molecule has 1 saturated carbocycles. The van der Waals surface area contributed by atoms with Gasteiger partial charge in [0.05, 0.1) is 33.3 Å². The first-order valence-electron chi connectivity index (χ1n) is 7.48. The maximum Gasteiger partial charge on any atom is 0.232 e. The lowest BCUT2D eigenvalue weighted by atomic mass is 10.2. The Morgan fingerprint density at radius 3 is 1.54 bits per heavy atom. The topological polar surface area (TPSA) is 58.2 Å². The summed E-state index contributed by atoms with van der Waals surface area (Å²) >= 11 is 23.9. The van der Waals surface area contributed by atoms with Crippen LogP contribution in [0.5, 0.6) is 0 Å². The summed E-state index contributed by atoms with van der Waals surface area (Å²) in [5, 5.41) is 6.90. The van der Waals surface area contributed by atoms with E-state index in [0.717, 1.165) is 0 Å². The normalized spacial score (nSPS) is 18.4. The summed E-state index contributed by atoms with van der Waals surface area (Å²) in [5.41, 5.74) is 1.26. The van der Waals surface area contributed by atoms with Gasteiger partial charge >= 0.3 is 0 Å². The van der Waals surface area contributed by atoms with Gasteiger partial charge < -0.3 is 10.6 Å². The van der Waals surface area contributed by atoms with Crippen molar-refractivity contribution in [2.24, 2.45) is 11.8 Å². The summed E-state index contributed by atoms with van der Waals surface area (Å²) < 4.78 is 0. The number of carbonyl (C=O) groups is 2. The highest BCUT2D eigenvalue weighted by molar-refractivity contribution is 6.36. The van der Waals surface area contributed by atoms with Crippen LogP contribution in [0, 0.1) is 11.8 Å². The van der Waals surface area contributed by atoms with Crippen molar-refractivity contribution in [2.45, 2.75) is 0 Å². The van der Waals surface area contributed by atoms with Gasteiger partial charge in [-0.15, -0.1) is 0 Å². The summed E-state index contributed by atoms with van der Waals surface area (Å²) in [6.45, 7) is 3.80. The molecular weight excluding hydrogens is 418 g/mol. The molecule has 2 atom stereocenters. The van der Waals surface area contributed by atoms with Crippen molar-refractivity contribution in [2.75, 3.05) is 10.6 Å². The van der Waals surface area contributed by atoms with Gasteiger partial charge in [0.25, 0.3) is 0 Å².